The van der Waals surface area contributed by atoms with E-state index in [1.807, 2.05) is 18.2 Å². The Balaban J connectivity index is 1.87. The van der Waals surface area contributed by atoms with Gasteiger partial charge in [0.25, 0.3) is 0 Å². The van der Waals surface area contributed by atoms with E-state index in [0.717, 1.165) is 18.4 Å². The van der Waals surface area contributed by atoms with E-state index in [9.17, 15) is 9.59 Å². The first-order valence-electron chi connectivity index (χ1n) is 7.99. The van der Waals surface area contributed by atoms with Gasteiger partial charge in [-0.25, -0.2) is 4.79 Å². The Morgan fingerprint density at radius 1 is 1.21 bits per heavy atom. The molecule has 24 heavy (non-hydrogen) atoms. The van der Waals surface area contributed by atoms with Crippen molar-refractivity contribution < 1.29 is 28.5 Å². The molecule has 1 amide bonds. The molecule has 1 fully saturated rings. The normalized spacial score (nSPS) is 25.0. The first kappa shape index (κ1) is 16.4. The molecule has 0 bridgehead atoms. The van der Waals surface area contributed by atoms with Crippen molar-refractivity contribution in [2.75, 3.05) is 13.9 Å². The maximum atomic E-state index is 11.8. The summed E-state index contributed by atoms with van der Waals surface area (Å²) in [5.74, 6) is 1.04. The van der Waals surface area contributed by atoms with Crippen LogP contribution in [0.3, 0.4) is 0 Å². The zero-order chi connectivity index (χ0) is 17.1. The average molecular weight is 335 g/mol. The molecule has 1 aromatic carbocycles. The van der Waals surface area contributed by atoms with Crippen LogP contribution in [0.2, 0.25) is 0 Å². The van der Waals surface area contributed by atoms with Crippen LogP contribution in [0.15, 0.2) is 18.2 Å². The molecule has 0 aromatic heterocycles. The number of esters is 1. The maximum Gasteiger partial charge on any atom is 0.407 e. The van der Waals surface area contributed by atoms with Gasteiger partial charge < -0.3 is 24.3 Å². The number of ether oxygens (including phenoxy) is 4. The predicted molar refractivity (Wildman–Crippen MR) is 84.0 cm³/mol. The predicted octanol–water partition coefficient (Wildman–Crippen LogP) is 2.34. The number of alkyl carbamates (subject to hydrolysis) is 1. The van der Waals surface area contributed by atoms with Crippen LogP contribution in [0.25, 0.3) is 0 Å². The highest BCUT2D eigenvalue weighted by Gasteiger charge is 2.38. The van der Waals surface area contributed by atoms with E-state index >= 15 is 0 Å². The quantitative estimate of drug-likeness (QED) is 0.854. The lowest BCUT2D eigenvalue weighted by Crippen LogP contribution is -2.50. The molecule has 0 saturated heterocycles. The summed E-state index contributed by atoms with van der Waals surface area (Å²) in [4.78, 5) is 23.2. The van der Waals surface area contributed by atoms with Gasteiger partial charge in [0.2, 0.25) is 6.79 Å². The number of methoxy groups -OCH3 is 1. The molecule has 7 nitrogen and oxygen atoms in total. The van der Waals surface area contributed by atoms with Crippen LogP contribution < -0.4 is 14.8 Å². The second-order valence-electron chi connectivity index (χ2n) is 5.96. The van der Waals surface area contributed by atoms with Gasteiger partial charge in [0.1, 0.15) is 6.10 Å². The molecule has 7 heteroatoms. The van der Waals surface area contributed by atoms with Crippen LogP contribution in [0.4, 0.5) is 4.79 Å². The molecule has 3 atom stereocenters. The van der Waals surface area contributed by atoms with Gasteiger partial charge in [-0.3, -0.25) is 4.79 Å². The van der Waals surface area contributed by atoms with E-state index < -0.39 is 6.09 Å². The van der Waals surface area contributed by atoms with Crippen LogP contribution in [-0.2, 0) is 14.3 Å². The summed E-state index contributed by atoms with van der Waals surface area (Å²) in [7, 11) is 1.31. The molecule has 1 aromatic rings. The van der Waals surface area contributed by atoms with Crippen LogP contribution >= 0.6 is 0 Å². The Morgan fingerprint density at radius 3 is 2.75 bits per heavy atom. The second-order valence-corrected chi connectivity index (χ2v) is 5.96. The third-order valence-corrected chi connectivity index (χ3v) is 4.45. The summed E-state index contributed by atoms with van der Waals surface area (Å²) >= 11 is 0. The summed E-state index contributed by atoms with van der Waals surface area (Å²) in [6.07, 6.45) is 1.55. The van der Waals surface area contributed by atoms with Crippen LogP contribution in [-0.4, -0.2) is 38.1 Å². The van der Waals surface area contributed by atoms with Crippen LogP contribution in [0, 0.1) is 0 Å². The number of nitrogens with one attached hydrogen (secondary N) is 1. The number of hydrogen-bond acceptors (Lipinski definition) is 6. The molecular formula is C17H21NO6. The minimum Gasteiger partial charge on any atom is -0.460 e. The summed E-state index contributed by atoms with van der Waals surface area (Å²) in [6.45, 7) is 1.59. The molecule has 1 N–H and O–H groups in total. The molecule has 0 unspecified atom stereocenters. The first-order valence-corrected chi connectivity index (χ1v) is 7.99. The highest BCUT2D eigenvalue weighted by atomic mass is 16.7. The number of rotatable bonds is 3. The fourth-order valence-electron chi connectivity index (χ4n) is 3.41. The van der Waals surface area contributed by atoms with Crippen LogP contribution in [0.5, 0.6) is 11.5 Å². The highest BCUT2D eigenvalue weighted by Crippen LogP contribution is 2.40. The molecule has 1 aliphatic carbocycles. The smallest absolute Gasteiger partial charge is 0.407 e. The van der Waals surface area contributed by atoms with Gasteiger partial charge in [-0.1, -0.05) is 6.07 Å². The number of carbonyl (C=O) groups is 2. The molecule has 2 aliphatic rings. The molecule has 1 saturated carbocycles. The van der Waals surface area contributed by atoms with Gasteiger partial charge in [-0.05, 0) is 37.0 Å². The van der Waals surface area contributed by atoms with Gasteiger partial charge in [0, 0.05) is 12.8 Å². The van der Waals surface area contributed by atoms with Crippen molar-refractivity contribution in [3.8, 4) is 11.5 Å². The van der Waals surface area contributed by atoms with Gasteiger partial charge in [0.15, 0.2) is 11.5 Å². The molecule has 130 valence electrons. The van der Waals surface area contributed by atoms with Gasteiger partial charge >= 0.3 is 12.1 Å². The van der Waals surface area contributed by atoms with E-state index in [4.69, 9.17) is 18.9 Å². The van der Waals surface area contributed by atoms with Gasteiger partial charge in [0.05, 0.1) is 13.2 Å². The first-order chi connectivity index (χ1) is 11.6. The summed E-state index contributed by atoms with van der Waals surface area (Å²) in [5, 5.41) is 2.83. The third-order valence-electron chi connectivity index (χ3n) is 4.45. The zero-order valence-corrected chi connectivity index (χ0v) is 13.7. The number of benzene rings is 1. The van der Waals surface area contributed by atoms with Crippen LogP contribution in [0.1, 0.15) is 37.7 Å². The minimum atomic E-state index is -0.537. The molecular weight excluding hydrogens is 314 g/mol. The van der Waals surface area contributed by atoms with E-state index in [-0.39, 0.29) is 30.8 Å². The van der Waals surface area contributed by atoms with Crippen molar-refractivity contribution in [2.24, 2.45) is 0 Å². The fourth-order valence-corrected chi connectivity index (χ4v) is 3.41. The summed E-state index contributed by atoms with van der Waals surface area (Å²) in [5.41, 5.74) is 1.01. The molecule has 1 aliphatic heterocycles. The standard InChI is InChI=1S/C17H21NO6/c1-10(19)24-14-5-3-4-12(16(14)18-17(20)21-2)11-6-7-13-15(8-11)23-9-22-13/h6-8,12,14,16H,3-5,9H2,1-2H3,(H,18,20)/t12-,14-,16-/m1/s1. The lowest BCUT2D eigenvalue weighted by molar-refractivity contribution is -0.149. The van der Waals surface area contributed by atoms with Crippen molar-refractivity contribution in [1.82, 2.24) is 5.32 Å². The zero-order valence-electron chi connectivity index (χ0n) is 13.7. The number of fused-ring (bicyclic) bond motifs is 1. The lowest BCUT2D eigenvalue weighted by Gasteiger charge is -2.37. The fraction of sp³-hybridized carbons (Fsp3) is 0.529. The number of carbonyl (C=O) groups excluding carboxylic acids is 2. The van der Waals surface area contributed by atoms with E-state index in [0.29, 0.717) is 17.9 Å². The van der Waals surface area contributed by atoms with E-state index in [1.54, 1.807) is 0 Å². The SMILES string of the molecule is COC(=O)N[C@@H]1[C@@H](c2ccc3c(c2)OCO3)CCC[C@H]1OC(C)=O. The average Bonchev–Trinajstić information content (AvgIpc) is 3.03. The van der Waals surface area contributed by atoms with Gasteiger partial charge in [-0.15, -0.1) is 0 Å². The van der Waals surface area contributed by atoms with Crippen molar-refractivity contribution in [2.45, 2.75) is 44.2 Å². The Labute approximate surface area is 140 Å². The Hall–Kier alpha value is -2.44. The van der Waals surface area contributed by atoms with E-state index in [1.165, 1.54) is 14.0 Å². The van der Waals surface area contributed by atoms with Crippen molar-refractivity contribution in [3.63, 3.8) is 0 Å². The largest absolute Gasteiger partial charge is 0.460 e. The van der Waals surface area contributed by atoms with Crippen molar-refractivity contribution in [3.05, 3.63) is 23.8 Å². The molecule has 0 spiro atoms. The highest BCUT2D eigenvalue weighted by molar-refractivity contribution is 5.68. The Bertz CT molecular complexity index is 632. The lowest BCUT2D eigenvalue weighted by atomic mass is 9.78. The summed E-state index contributed by atoms with van der Waals surface area (Å²) < 4.78 is 20.9. The maximum absolute atomic E-state index is 11.8. The second kappa shape index (κ2) is 6.98. The topological polar surface area (TPSA) is 83.1 Å². The Kier molecular flexibility index (Phi) is 4.78. The molecule has 0 radical (unpaired) electrons. The molecule has 3 rings (SSSR count). The third kappa shape index (κ3) is 3.39. The van der Waals surface area contributed by atoms with Crippen molar-refractivity contribution >= 4 is 12.1 Å². The van der Waals surface area contributed by atoms with Crippen molar-refractivity contribution in [1.29, 1.82) is 0 Å². The number of amides is 1. The monoisotopic (exact) mass is 335 g/mol. The van der Waals surface area contributed by atoms with Gasteiger partial charge in [-0.2, -0.15) is 0 Å². The summed E-state index contributed by atoms with van der Waals surface area (Å²) in [6, 6.07) is 5.40. The Morgan fingerprint density at radius 2 is 2.00 bits per heavy atom. The van der Waals surface area contributed by atoms with E-state index in [2.05, 4.69) is 5.32 Å². The number of hydrogen-bond donors (Lipinski definition) is 1. The minimum absolute atomic E-state index is 0.00306. The molecule has 1 heterocycles.